The summed E-state index contributed by atoms with van der Waals surface area (Å²) in [5.41, 5.74) is 2.14. The van der Waals surface area contributed by atoms with Crippen molar-refractivity contribution in [3.63, 3.8) is 0 Å². The second kappa shape index (κ2) is 9.41. The van der Waals surface area contributed by atoms with Crippen LogP contribution in [-0.2, 0) is 4.79 Å². The molecule has 144 valence electrons. The van der Waals surface area contributed by atoms with Crippen molar-refractivity contribution in [2.45, 2.75) is 26.8 Å². The molecule has 2 N–H and O–H groups in total. The first-order chi connectivity index (χ1) is 12.8. The third kappa shape index (κ3) is 5.99. The van der Waals surface area contributed by atoms with E-state index in [4.69, 9.17) is 9.47 Å². The zero-order valence-electron chi connectivity index (χ0n) is 15.8. The molecule has 6 nitrogen and oxygen atoms in total. The topological polar surface area (TPSA) is 76.7 Å². The molecule has 0 heterocycles. The second-order valence-electron chi connectivity index (χ2n) is 6.29. The van der Waals surface area contributed by atoms with Crippen LogP contribution in [0.15, 0.2) is 40.9 Å². The van der Waals surface area contributed by atoms with Gasteiger partial charge in [0.1, 0.15) is 0 Å². The first-order valence-corrected chi connectivity index (χ1v) is 9.27. The molecule has 2 aromatic rings. The lowest BCUT2D eigenvalue weighted by Crippen LogP contribution is -2.34. The summed E-state index contributed by atoms with van der Waals surface area (Å²) in [6.07, 6.45) is 0. The Morgan fingerprint density at radius 3 is 2.48 bits per heavy atom. The van der Waals surface area contributed by atoms with Gasteiger partial charge in [-0.2, -0.15) is 0 Å². The van der Waals surface area contributed by atoms with E-state index < -0.39 is 0 Å². The van der Waals surface area contributed by atoms with Gasteiger partial charge < -0.3 is 20.1 Å². The zero-order valence-corrected chi connectivity index (χ0v) is 17.3. The van der Waals surface area contributed by atoms with Crippen molar-refractivity contribution >= 4 is 33.4 Å². The molecule has 0 spiro atoms. The van der Waals surface area contributed by atoms with Gasteiger partial charge in [-0.05, 0) is 62.7 Å². The van der Waals surface area contributed by atoms with Crippen LogP contribution in [0, 0.1) is 6.92 Å². The first kappa shape index (κ1) is 20.8. The van der Waals surface area contributed by atoms with E-state index in [1.165, 1.54) is 7.11 Å². The van der Waals surface area contributed by atoms with Gasteiger partial charge >= 0.3 is 0 Å². The number of rotatable bonds is 7. The van der Waals surface area contributed by atoms with Crippen LogP contribution in [0.1, 0.15) is 29.8 Å². The molecule has 0 aliphatic heterocycles. The lowest BCUT2D eigenvalue weighted by atomic mass is 10.1. The van der Waals surface area contributed by atoms with E-state index >= 15 is 0 Å². The molecular formula is C20H23BrN2O4. The van der Waals surface area contributed by atoms with Crippen LogP contribution >= 0.6 is 15.9 Å². The third-order valence-corrected chi connectivity index (χ3v) is 4.54. The highest BCUT2D eigenvalue weighted by molar-refractivity contribution is 9.10. The summed E-state index contributed by atoms with van der Waals surface area (Å²) in [7, 11) is 1.48. The SMILES string of the molecule is COc1cc(C(=O)Nc2ccc(Br)c(C)c2)ccc1OCC(=O)NC(C)C. The van der Waals surface area contributed by atoms with Crippen LogP contribution in [0.5, 0.6) is 11.5 Å². The summed E-state index contributed by atoms with van der Waals surface area (Å²) < 4.78 is 11.8. The van der Waals surface area contributed by atoms with Crippen molar-refractivity contribution in [3.05, 3.63) is 52.0 Å². The summed E-state index contributed by atoms with van der Waals surface area (Å²) in [6.45, 7) is 5.57. The van der Waals surface area contributed by atoms with E-state index in [9.17, 15) is 9.59 Å². The smallest absolute Gasteiger partial charge is 0.258 e. The van der Waals surface area contributed by atoms with Gasteiger partial charge in [0, 0.05) is 21.8 Å². The molecule has 0 aliphatic carbocycles. The van der Waals surface area contributed by atoms with E-state index in [1.807, 2.05) is 39.0 Å². The molecule has 2 aromatic carbocycles. The molecule has 0 fully saturated rings. The number of anilines is 1. The molecule has 0 aliphatic rings. The van der Waals surface area contributed by atoms with Crippen molar-refractivity contribution in [1.29, 1.82) is 0 Å². The molecule has 7 heteroatoms. The normalized spacial score (nSPS) is 10.4. The van der Waals surface area contributed by atoms with Gasteiger partial charge in [-0.25, -0.2) is 0 Å². The molecule has 0 saturated carbocycles. The third-order valence-electron chi connectivity index (χ3n) is 3.65. The number of carbonyl (C=O) groups excluding carboxylic acids is 2. The van der Waals surface area contributed by atoms with Crippen LogP contribution < -0.4 is 20.1 Å². The van der Waals surface area contributed by atoms with E-state index in [-0.39, 0.29) is 24.5 Å². The van der Waals surface area contributed by atoms with Crippen LogP contribution in [0.4, 0.5) is 5.69 Å². The number of amides is 2. The van der Waals surface area contributed by atoms with Crippen LogP contribution in [0.2, 0.25) is 0 Å². The summed E-state index contributed by atoms with van der Waals surface area (Å²) in [4.78, 5) is 24.2. The van der Waals surface area contributed by atoms with Crippen molar-refractivity contribution in [2.75, 3.05) is 19.0 Å². The van der Waals surface area contributed by atoms with E-state index in [0.717, 1.165) is 10.0 Å². The number of hydrogen-bond acceptors (Lipinski definition) is 4. The van der Waals surface area contributed by atoms with Crippen molar-refractivity contribution in [3.8, 4) is 11.5 Å². The van der Waals surface area contributed by atoms with Gasteiger partial charge in [0.05, 0.1) is 7.11 Å². The fourth-order valence-electron chi connectivity index (χ4n) is 2.36. The number of benzene rings is 2. The Morgan fingerprint density at radius 1 is 1.11 bits per heavy atom. The minimum absolute atomic E-state index is 0.0383. The summed E-state index contributed by atoms with van der Waals surface area (Å²) in [5.74, 6) is 0.290. The quantitative estimate of drug-likeness (QED) is 0.691. The lowest BCUT2D eigenvalue weighted by molar-refractivity contribution is -0.123. The standard InChI is InChI=1S/C20H23BrN2O4/c1-12(2)22-19(24)11-27-17-8-5-14(10-18(17)26-4)20(25)23-15-6-7-16(21)13(3)9-15/h5-10,12H,11H2,1-4H3,(H,22,24)(H,23,25). The van der Waals surface area contributed by atoms with Gasteiger partial charge in [0.15, 0.2) is 18.1 Å². The Kier molecular flexibility index (Phi) is 7.24. The Bertz CT molecular complexity index is 837. The molecule has 2 rings (SSSR count). The molecular weight excluding hydrogens is 412 g/mol. The highest BCUT2D eigenvalue weighted by atomic mass is 79.9. The molecule has 0 aromatic heterocycles. The van der Waals surface area contributed by atoms with Crippen LogP contribution in [0.25, 0.3) is 0 Å². The molecule has 0 atom stereocenters. The first-order valence-electron chi connectivity index (χ1n) is 8.48. The van der Waals surface area contributed by atoms with E-state index in [2.05, 4.69) is 26.6 Å². The average Bonchev–Trinajstić information content (AvgIpc) is 2.62. The Hall–Kier alpha value is -2.54. The van der Waals surface area contributed by atoms with Crippen LogP contribution in [0.3, 0.4) is 0 Å². The van der Waals surface area contributed by atoms with Gasteiger partial charge in [-0.3, -0.25) is 9.59 Å². The predicted molar refractivity (Wildman–Crippen MR) is 109 cm³/mol. The lowest BCUT2D eigenvalue weighted by Gasteiger charge is -2.13. The Morgan fingerprint density at radius 2 is 1.85 bits per heavy atom. The number of ether oxygens (including phenoxy) is 2. The molecule has 27 heavy (non-hydrogen) atoms. The molecule has 0 radical (unpaired) electrons. The summed E-state index contributed by atoms with van der Waals surface area (Å²) in [6, 6.07) is 10.4. The number of carbonyl (C=O) groups is 2. The van der Waals surface area contributed by atoms with Crippen LogP contribution in [-0.4, -0.2) is 31.6 Å². The average molecular weight is 435 g/mol. The minimum Gasteiger partial charge on any atom is -0.493 e. The Labute approximate surface area is 167 Å². The van der Waals surface area contributed by atoms with Crippen molar-refractivity contribution in [1.82, 2.24) is 5.32 Å². The van der Waals surface area contributed by atoms with E-state index in [0.29, 0.717) is 22.7 Å². The fraction of sp³-hybridized carbons (Fsp3) is 0.300. The maximum Gasteiger partial charge on any atom is 0.258 e. The number of hydrogen-bond donors (Lipinski definition) is 2. The molecule has 0 bridgehead atoms. The van der Waals surface area contributed by atoms with Gasteiger partial charge in [0.25, 0.3) is 11.8 Å². The number of aryl methyl sites for hydroxylation is 1. The zero-order chi connectivity index (χ0) is 20.0. The highest BCUT2D eigenvalue weighted by Crippen LogP contribution is 2.28. The highest BCUT2D eigenvalue weighted by Gasteiger charge is 2.13. The second-order valence-corrected chi connectivity index (χ2v) is 7.15. The molecule has 0 saturated heterocycles. The largest absolute Gasteiger partial charge is 0.493 e. The summed E-state index contributed by atoms with van der Waals surface area (Å²) >= 11 is 3.43. The maximum absolute atomic E-state index is 12.5. The monoisotopic (exact) mass is 434 g/mol. The molecule has 2 amide bonds. The van der Waals surface area contributed by atoms with E-state index in [1.54, 1.807) is 18.2 Å². The Balaban J connectivity index is 2.08. The maximum atomic E-state index is 12.5. The number of methoxy groups -OCH3 is 1. The van der Waals surface area contributed by atoms with Gasteiger partial charge in [-0.15, -0.1) is 0 Å². The number of halogens is 1. The van der Waals surface area contributed by atoms with Crippen molar-refractivity contribution in [2.24, 2.45) is 0 Å². The molecule has 0 unspecified atom stereocenters. The van der Waals surface area contributed by atoms with Crippen molar-refractivity contribution < 1.29 is 19.1 Å². The summed E-state index contributed by atoms with van der Waals surface area (Å²) in [5, 5.41) is 5.59. The fourth-order valence-corrected chi connectivity index (χ4v) is 2.61. The number of nitrogens with one attached hydrogen (secondary N) is 2. The predicted octanol–water partition coefficient (Wildman–Crippen LogP) is 3.92. The van der Waals surface area contributed by atoms with Gasteiger partial charge in [-0.1, -0.05) is 15.9 Å². The van der Waals surface area contributed by atoms with Gasteiger partial charge in [0.2, 0.25) is 0 Å². The minimum atomic E-state index is -0.265.